The van der Waals surface area contributed by atoms with Crippen LogP contribution in [0.4, 0.5) is 5.69 Å². The molecule has 0 aromatic heterocycles. The van der Waals surface area contributed by atoms with Crippen molar-refractivity contribution in [2.24, 2.45) is 0 Å². The highest BCUT2D eigenvalue weighted by atomic mass is 16.6. The van der Waals surface area contributed by atoms with Crippen molar-refractivity contribution in [2.45, 2.75) is 0 Å². The van der Waals surface area contributed by atoms with E-state index in [1.807, 2.05) is 0 Å². The molecule has 20 heavy (non-hydrogen) atoms. The molecule has 0 heterocycles. The van der Waals surface area contributed by atoms with Gasteiger partial charge in [-0.3, -0.25) is 14.9 Å². The first-order valence-electron chi connectivity index (χ1n) is 5.31. The molecule has 8 heteroatoms. The van der Waals surface area contributed by atoms with Gasteiger partial charge in [0.1, 0.15) is 17.4 Å². The number of amides is 1. The van der Waals surface area contributed by atoms with Gasteiger partial charge in [-0.2, -0.15) is 5.26 Å². The Morgan fingerprint density at radius 3 is 2.45 bits per heavy atom. The molecule has 8 nitrogen and oxygen atoms in total. The predicted molar refractivity (Wildman–Crippen MR) is 68.7 cm³/mol. The number of aromatic hydroxyl groups is 2. The zero-order chi connectivity index (χ0) is 15.4. The molecule has 2 N–H and O–H groups in total. The zero-order valence-electron chi connectivity index (χ0n) is 10.7. The number of nitriles is 1. The number of carbonyl (C=O) groups is 1. The first kappa shape index (κ1) is 15.0. The number of phenols is 2. The molecule has 0 bridgehead atoms. The Morgan fingerprint density at radius 1 is 1.40 bits per heavy atom. The van der Waals surface area contributed by atoms with Crippen molar-refractivity contribution in [1.29, 1.82) is 5.26 Å². The van der Waals surface area contributed by atoms with Gasteiger partial charge in [-0.25, -0.2) is 0 Å². The molecule has 0 aliphatic rings. The van der Waals surface area contributed by atoms with Gasteiger partial charge in [-0.1, -0.05) is 0 Å². The monoisotopic (exact) mass is 277 g/mol. The molecule has 0 saturated carbocycles. The van der Waals surface area contributed by atoms with E-state index in [0.29, 0.717) is 0 Å². The van der Waals surface area contributed by atoms with Crippen LogP contribution in [0.2, 0.25) is 0 Å². The van der Waals surface area contributed by atoms with E-state index < -0.39 is 28.0 Å². The first-order valence-corrected chi connectivity index (χ1v) is 5.31. The lowest BCUT2D eigenvalue weighted by Gasteiger charge is -2.09. The average Bonchev–Trinajstić information content (AvgIpc) is 2.36. The van der Waals surface area contributed by atoms with E-state index in [-0.39, 0.29) is 11.1 Å². The van der Waals surface area contributed by atoms with Gasteiger partial charge in [0.25, 0.3) is 5.91 Å². The van der Waals surface area contributed by atoms with E-state index in [4.69, 9.17) is 5.26 Å². The highest BCUT2D eigenvalue weighted by Gasteiger charge is 2.18. The Kier molecular flexibility index (Phi) is 4.27. The van der Waals surface area contributed by atoms with E-state index in [1.54, 1.807) is 6.07 Å². The topological polar surface area (TPSA) is 128 Å². The summed E-state index contributed by atoms with van der Waals surface area (Å²) in [5, 5.41) is 38.5. The maximum atomic E-state index is 11.6. The van der Waals surface area contributed by atoms with Gasteiger partial charge in [0.2, 0.25) is 0 Å². The van der Waals surface area contributed by atoms with Crippen molar-refractivity contribution < 1.29 is 19.9 Å². The maximum Gasteiger partial charge on any atom is 0.311 e. The van der Waals surface area contributed by atoms with Crippen LogP contribution in [0.3, 0.4) is 0 Å². The number of benzene rings is 1. The summed E-state index contributed by atoms with van der Waals surface area (Å²) in [7, 11) is 2.87. The number of hydrogen-bond donors (Lipinski definition) is 2. The van der Waals surface area contributed by atoms with Crippen molar-refractivity contribution >= 4 is 17.7 Å². The Bertz CT molecular complexity index is 643. The fourth-order valence-corrected chi connectivity index (χ4v) is 1.38. The van der Waals surface area contributed by atoms with Crippen LogP contribution in [0, 0.1) is 21.4 Å². The number of nitro benzene ring substituents is 1. The number of hydrogen-bond acceptors (Lipinski definition) is 6. The third-order valence-corrected chi connectivity index (χ3v) is 2.38. The standard InChI is InChI=1S/C12H11N3O5/c1-14(2)12(18)8(6-13)3-7-4-9(15(19)20)11(17)5-10(7)16/h3-5,16-17H,1-2H3/b8-3-. The van der Waals surface area contributed by atoms with Crippen molar-refractivity contribution in [3.8, 4) is 17.6 Å². The highest BCUT2D eigenvalue weighted by molar-refractivity contribution is 6.01. The van der Waals surface area contributed by atoms with Crippen LogP contribution in [0.5, 0.6) is 11.5 Å². The van der Waals surface area contributed by atoms with Crippen LogP contribution in [0.15, 0.2) is 17.7 Å². The summed E-state index contributed by atoms with van der Waals surface area (Å²) in [6.45, 7) is 0. The molecule has 0 saturated heterocycles. The molecular weight excluding hydrogens is 266 g/mol. The van der Waals surface area contributed by atoms with Crippen LogP contribution < -0.4 is 0 Å². The summed E-state index contributed by atoms with van der Waals surface area (Å²) >= 11 is 0. The quantitative estimate of drug-likeness (QED) is 0.367. The van der Waals surface area contributed by atoms with E-state index in [2.05, 4.69) is 0 Å². The van der Waals surface area contributed by atoms with Gasteiger partial charge >= 0.3 is 5.69 Å². The second-order valence-electron chi connectivity index (χ2n) is 4.03. The molecule has 0 aliphatic carbocycles. The average molecular weight is 277 g/mol. The van der Waals surface area contributed by atoms with E-state index >= 15 is 0 Å². The van der Waals surface area contributed by atoms with Gasteiger partial charge < -0.3 is 15.1 Å². The van der Waals surface area contributed by atoms with E-state index in [9.17, 15) is 25.1 Å². The van der Waals surface area contributed by atoms with Crippen molar-refractivity contribution in [1.82, 2.24) is 4.90 Å². The fraction of sp³-hybridized carbons (Fsp3) is 0.167. The van der Waals surface area contributed by atoms with Crippen molar-refractivity contribution in [3.05, 3.63) is 33.4 Å². The summed E-state index contributed by atoms with van der Waals surface area (Å²) in [5.74, 6) is -1.79. The number of carbonyl (C=O) groups excluding carboxylic acids is 1. The van der Waals surface area contributed by atoms with Crippen molar-refractivity contribution in [3.63, 3.8) is 0 Å². The molecule has 1 aromatic rings. The first-order chi connectivity index (χ1) is 9.27. The lowest BCUT2D eigenvalue weighted by molar-refractivity contribution is -0.385. The number of likely N-dealkylation sites (N-methyl/N-ethyl adjacent to an activating group) is 1. The van der Waals surface area contributed by atoms with Crippen LogP contribution in [0.25, 0.3) is 6.08 Å². The third kappa shape index (κ3) is 3.02. The Hall–Kier alpha value is -3.08. The molecule has 0 radical (unpaired) electrons. The molecular formula is C12H11N3O5. The molecule has 0 unspecified atom stereocenters. The summed E-state index contributed by atoms with van der Waals surface area (Å²) < 4.78 is 0. The SMILES string of the molecule is CN(C)C(=O)/C(C#N)=C\c1cc([N+](=O)[O-])c(O)cc1O. The molecule has 0 fully saturated rings. The van der Waals surface area contributed by atoms with E-state index in [0.717, 1.165) is 23.1 Å². The number of phenolic OH excluding ortho intramolecular Hbond substituents is 2. The van der Waals surface area contributed by atoms with Gasteiger partial charge in [-0.05, 0) is 6.08 Å². The second-order valence-corrected chi connectivity index (χ2v) is 4.03. The van der Waals surface area contributed by atoms with Crippen molar-refractivity contribution in [2.75, 3.05) is 14.1 Å². The fourth-order valence-electron chi connectivity index (χ4n) is 1.38. The largest absolute Gasteiger partial charge is 0.507 e. The second kappa shape index (κ2) is 5.71. The molecule has 0 atom stereocenters. The molecule has 1 amide bonds. The van der Waals surface area contributed by atoms with Gasteiger partial charge in [-0.15, -0.1) is 0 Å². The smallest absolute Gasteiger partial charge is 0.311 e. The summed E-state index contributed by atoms with van der Waals surface area (Å²) in [5.41, 5.74) is -1.05. The number of nitro groups is 1. The molecule has 0 spiro atoms. The normalized spacial score (nSPS) is 10.8. The van der Waals surface area contributed by atoms with Gasteiger partial charge in [0.05, 0.1) is 4.92 Å². The Morgan fingerprint density at radius 2 is 2.00 bits per heavy atom. The Labute approximate surface area is 113 Å². The van der Waals surface area contributed by atoms with Gasteiger partial charge in [0.15, 0.2) is 5.75 Å². The van der Waals surface area contributed by atoms with Crippen LogP contribution in [-0.2, 0) is 4.79 Å². The number of nitrogens with zero attached hydrogens (tertiary/aromatic N) is 3. The minimum absolute atomic E-state index is 0.110. The minimum Gasteiger partial charge on any atom is -0.507 e. The zero-order valence-corrected chi connectivity index (χ0v) is 10.7. The summed E-state index contributed by atoms with van der Waals surface area (Å²) in [6.07, 6.45) is 1.02. The molecule has 0 aliphatic heterocycles. The predicted octanol–water partition coefficient (Wildman–Crippen LogP) is 1.00. The highest BCUT2D eigenvalue weighted by Crippen LogP contribution is 2.34. The van der Waals surface area contributed by atoms with Crippen LogP contribution in [-0.4, -0.2) is 40.0 Å². The maximum absolute atomic E-state index is 11.6. The molecule has 1 rings (SSSR count). The van der Waals surface area contributed by atoms with E-state index in [1.165, 1.54) is 14.1 Å². The van der Waals surface area contributed by atoms with Crippen LogP contribution in [0.1, 0.15) is 5.56 Å². The minimum atomic E-state index is -0.841. The summed E-state index contributed by atoms with van der Waals surface area (Å²) in [4.78, 5) is 22.6. The van der Waals surface area contributed by atoms with Gasteiger partial charge in [0, 0.05) is 31.8 Å². The molecule has 104 valence electrons. The Balaban J connectivity index is 3.40. The lowest BCUT2D eigenvalue weighted by atomic mass is 10.1. The number of rotatable bonds is 3. The lowest BCUT2D eigenvalue weighted by Crippen LogP contribution is -2.22. The summed E-state index contributed by atoms with van der Waals surface area (Å²) in [6, 6.07) is 3.31. The third-order valence-electron chi connectivity index (χ3n) is 2.38. The molecule has 1 aromatic carbocycles. The van der Waals surface area contributed by atoms with Crippen LogP contribution >= 0.6 is 0 Å².